The van der Waals surface area contributed by atoms with Crippen molar-refractivity contribution in [2.75, 3.05) is 7.05 Å². The Morgan fingerprint density at radius 2 is 1.89 bits per heavy atom. The summed E-state index contributed by atoms with van der Waals surface area (Å²) in [4.78, 5) is 0. The van der Waals surface area contributed by atoms with Crippen LogP contribution in [0.25, 0.3) is 0 Å². The van der Waals surface area contributed by atoms with Crippen LogP contribution in [0.15, 0.2) is 46.9 Å². The minimum absolute atomic E-state index is 0.137. The van der Waals surface area contributed by atoms with Gasteiger partial charge >= 0.3 is 0 Å². The molecule has 2 rings (SSSR count). The number of hydrogen-bond acceptors (Lipinski definition) is 1. The van der Waals surface area contributed by atoms with Crippen LogP contribution in [0.5, 0.6) is 0 Å². The fourth-order valence-electron chi connectivity index (χ4n) is 1.97. The van der Waals surface area contributed by atoms with Crippen LogP contribution in [0, 0.1) is 5.82 Å². The van der Waals surface area contributed by atoms with E-state index in [0.717, 1.165) is 17.0 Å². The van der Waals surface area contributed by atoms with E-state index < -0.39 is 0 Å². The molecule has 0 fully saturated rings. The van der Waals surface area contributed by atoms with Gasteiger partial charge < -0.3 is 5.32 Å². The van der Waals surface area contributed by atoms with Gasteiger partial charge in [-0.2, -0.15) is 0 Å². The number of halogens is 3. The molecule has 0 spiro atoms. The molecule has 0 aromatic heterocycles. The van der Waals surface area contributed by atoms with E-state index in [-0.39, 0.29) is 11.9 Å². The first-order chi connectivity index (χ1) is 9.10. The van der Waals surface area contributed by atoms with Gasteiger partial charge in [0, 0.05) is 11.1 Å². The lowest BCUT2D eigenvalue weighted by atomic mass is 9.99. The molecule has 0 aliphatic rings. The second-order valence-corrected chi connectivity index (χ2v) is 5.64. The molecular weight excluding hydrogens is 329 g/mol. The predicted octanol–water partition coefficient (Wildman–Crippen LogP) is 4.74. The summed E-state index contributed by atoms with van der Waals surface area (Å²) in [5.41, 5.74) is 2.23. The molecule has 0 amide bonds. The first-order valence-electron chi connectivity index (χ1n) is 5.97. The molecule has 1 atom stereocenters. The average molecular weight is 343 g/mol. The van der Waals surface area contributed by atoms with Crippen LogP contribution >= 0.6 is 27.5 Å². The molecule has 0 heterocycles. The molecule has 19 heavy (non-hydrogen) atoms. The molecule has 0 radical (unpaired) electrons. The normalized spacial score (nSPS) is 12.4. The van der Waals surface area contributed by atoms with Crippen LogP contribution in [0.3, 0.4) is 0 Å². The molecule has 0 saturated carbocycles. The van der Waals surface area contributed by atoms with Crippen molar-refractivity contribution in [1.29, 1.82) is 0 Å². The van der Waals surface area contributed by atoms with Crippen molar-refractivity contribution in [2.45, 2.75) is 12.5 Å². The van der Waals surface area contributed by atoms with Gasteiger partial charge in [0.1, 0.15) is 5.82 Å². The number of likely N-dealkylation sites (N-methyl/N-ethyl adjacent to an activating group) is 1. The fourth-order valence-corrected chi connectivity index (χ4v) is 2.49. The number of nitrogens with one attached hydrogen (secondary N) is 1. The number of rotatable bonds is 4. The zero-order valence-electron chi connectivity index (χ0n) is 10.5. The fraction of sp³-hybridized carbons (Fsp3) is 0.200. The molecule has 2 aromatic rings. The predicted molar refractivity (Wildman–Crippen MR) is 81.1 cm³/mol. The van der Waals surface area contributed by atoms with Crippen LogP contribution in [0.4, 0.5) is 4.39 Å². The number of benzene rings is 2. The van der Waals surface area contributed by atoms with Crippen molar-refractivity contribution < 1.29 is 4.39 Å². The van der Waals surface area contributed by atoms with E-state index in [1.54, 1.807) is 6.07 Å². The first kappa shape index (κ1) is 14.5. The molecule has 1 nitrogen and oxygen atoms in total. The van der Waals surface area contributed by atoms with Gasteiger partial charge in [-0.05, 0) is 64.8 Å². The van der Waals surface area contributed by atoms with Gasteiger partial charge in [-0.1, -0.05) is 29.8 Å². The minimum atomic E-state index is -0.245. The number of hydrogen-bond donors (Lipinski definition) is 1. The van der Waals surface area contributed by atoms with Crippen molar-refractivity contribution in [1.82, 2.24) is 5.32 Å². The highest BCUT2D eigenvalue weighted by molar-refractivity contribution is 9.10. The third-order valence-corrected chi connectivity index (χ3v) is 3.91. The van der Waals surface area contributed by atoms with Crippen LogP contribution in [-0.2, 0) is 6.42 Å². The Labute approximate surface area is 125 Å². The zero-order valence-corrected chi connectivity index (χ0v) is 12.8. The highest BCUT2D eigenvalue weighted by atomic mass is 79.9. The van der Waals surface area contributed by atoms with Gasteiger partial charge in [-0.3, -0.25) is 0 Å². The molecule has 0 saturated heterocycles. The van der Waals surface area contributed by atoms with Gasteiger partial charge in [-0.25, -0.2) is 4.39 Å². The van der Waals surface area contributed by atoms with Crippen molar-refractivity contribution in [3.63, 3.8) is 0 Å². The molecule has 0 bridgehead atoms. The summed E-state index contributed by atoms with van der Waals surface area (Å²) in [5, 5.41) is 3.98. The maximum absolute atomic E-state index is 13.3. The quantitative estimate of drug-likeness (QED) is 0.846. The van der Waals surface area contributed by atoms with Gasteiger partial charge in [-0.15, -0.1) is 0 Å². The largest absolute Gasteiger partial charge is 0.313 e. The maximum atomic E-state index is 13.3. The summed E-state index contributed by atoms with van der Waals surface area (Å²) in [5.74, 6) is -0.245. The zero-order chi connectivity index (χ0) is 13.8. The highest BCUT2D eigenvalue weighted by Gasteiger charge is 2.12. The van der Waals surface area contributed by atoms with E-state index in [1.165, 1.54) is 11.6 Å². The van der Waals surface area contributed by atoms with Gasteiger partial charge in [0.25, 0.3) is 0 Å². The SMILES string of the molecule is CNC(Cc1ccc(Cl)cc1)c1ccc(F)c(Br)c1. The van der Waals surface area contributed by atoms with Crippen molar-refractivity contribution in [3.05, 3.63) is 68.9 Å². The smallest absolute Gasteiger partial charge is 0.137 e. The summed E-state index contributed by atoms with van der Waals surface area (Å²) in [6.07, 6.45) is 0.825. The lowest BCUT2D eigenvalue weighted by Gasteiger charge is -2.17. The van der Waals surface area contributed by atoms with E-state index in [0.29, 0.717) is 4.47 Å². The van der Waals surface area contributed by atoms with E-state index >= 15 is 0 Å². The van der Waals surface area contributed by atoms with Gasteiger partial charge in [0.05, 0.1) is 4.47 Å². The summed E-state index contributed by atoms with van der Waals surface area (Å²) < 4.78 is 13.7. The summed E-state index contributed by atoms with van der Waals surface area (Å²) in [6, 6.07) is 13.0. The maximum Gasteiger partial charge on any atom is 0.137 e. The third kappa shape index (κ3) is 3.78. The Morgan fingerprint density at radius 1 is 1.21 bits per heavy atom. The molecule has 1 unspecified atom stereocenters. The average Bonchev–Trinajstić information content (AvgIpc) is 2.41. The Bertz CT molecular complexity index is 557. The second kappa shape index (κ2) is 6.51. The van der Waals surface area contributed by atoms with Crippen molar-refractivity contribution in [2.24, 2.45) is 0 Å². The van der Waals surface area contributed by atoms with Gasteiger partial charge in [0.15, 0.2) is 0 Å². The molecule has 1 N–H and O–H groups in total. The third-order valence-electron chi connectivity index (χ3n) is 3.05. The highest BCUT2D eigenvalue weighted by Crippen LogP contribution is 2.24. The van der Waals surface area contributed by atoms with Crippen LogP contribution in [0.2, 0.25) is 5.02 Å². The Kier molecular flexibility index (Phi) is 4.97. The minimum Gasteiger partial charge on any atom is -0.313 e. The van der Waals surface area contributed by atoms with E-state index in [2.05, 4.69) is 21.2 Å². The topological polar surface area (TPSA) is 12.0 Å². The Morgan fingerprint density at radius 3 is 2.47 bits per heavy atom. The molecule has 0 aliphatic carbocycles. The summed E-state index contributed by atoms with van der Waals surface area (Å²) in [7, 11) is 1.90. The van der Waals surface area contributed by atoms with E-state index in [1.807, 2.05) is 37.4 Å². The monoisotopic (exact) mass is 341 g/mol. The summed E-state index contributed by atoms with van der Waals surface area (Å²) >= 11 is 9.09. The van der Waals surface area contributed by atoms with Crippen LogP contribution < -0.4 is 5.32 Å². The lowest BCUT2D eigenvalue weighted by molar-refractivity contribution is 0.584. The van der Waals surface area contributed by atoms with E-state index in [9.17, 15) is 4.39 Å². The lowest BCUT2D eigenvalue weighted by Crippen LogP contribution is -2.18. The van der Waals surface area contributed by atoms with Crippen LogP contribution in [0.1, 0.15) is 17.2 Å². The van der Waals surface area contributed by atoms with Crippen molar-refractivity contribution in [3.8, 4) is 0 Å². The molecule has 0 aliphatic heterocycles. The molecule has 4 heteroatoms. The standard InChI is InChI=1S/C15H14BrClFN/c1-19-15(8-10-2-5-12(17)6-3-10)11-4-7-14(18)13(16)9-11/h2-7,9,15,19H,8H2,1H3. The van der Waals surface area contributed by atoms with E-state index in [4.69, 9.17) is 11.6 Å². The Hall–Kier alpha value is -0.900. The van der Waals surface area contributed by atoms with Crippen molar-refractivity contribution >= 4 is 27.5 Å². The van der Waals surface area contributed by atoms with Gasteiger partial charge in [0.2, 0.25) is 0 Å². The molecule has 2 aromatic carbocycles. The Balaban J connectivity index is 2.19. The first-order valence-corrected chi connectivity index (χ1v) is 7.14. The molecular formula is C15H14BrClFN. The summed E-state index contributed by atoms with van der Waals surface area (Å²) in [6.45, 7) is 0. The van der Waals surface area contributed by atoms with Crippen LogP contribution in [-0.4, -0.2) is 7.05 Å². The second-order valence-electron chi connectivity index (χ2n) is 4.35. The molecule has 100 valence electrons.